The van der Waals surface area contributed by atoms with E-state index in [9.17, 15) is 18.0 Å². The molecule has 134 valence electrons. The van der Waals surface area contributed by atoms with E-state index in [1.807, 2.05) is 0 Å². The molecule has 2 aromatic rings. The van der Waals surface area contributed by atoms with Gasteiger partial charge in [0.05, 0.1) is 30.0 Å². The molecule has 0 aliphatic carbocycles. The summed E-state index contributed by atoms with van der Waals surface area (Å²) in [5.74, 6) is -0.682. The fourth-order valence-corrected chi connectivity index (χ4v) is 3.28. The second kappa shape index (κ2) is 8.68. The molecule has 0 unspecified atom stereocenters. The van der Waals surface area contributed by atoms with Crippen LogP contribution in [0.1, 0.15) is 12.2 Å². The monoisotopic (exact) mass is 384 g/mol. The lowest BCUT2D eigenvalue weighted by Gasteiger charge is -2.07. The van der Waals surface area contributed by atoms with E-state index in [1.54, 1.807) is 12.1 Å². The predicted molar refractivity (Wildman–Crippen MR) is 91.7 cm³/mol. The van der Waals surface area contributed by atoms with Crippen molar-refractivity contribution in [3.05, 3.63) is 53.4 Å². The normalized spacial score (nSPS) is 11.1. The zero-order valence-electron chi connectivity index (χ0n) is 13.2. The minimum atomic E-state index is -3.58. The number of amides is 2. The largest absolute Gasteiger partial charge is 0.467 e. The summed E-state index contributed by atoms with van der Waals surface area (Å²) in [6.07, 6.45) is 1.25. The van der Waals surface area contributed by atoms with E-state index >= 15 is 0 Å². The third-order valence-corrected chi connectivity index (χ3v) is 5.24. The van der Waals surface area contributed by atoms with Crippen molar-refractivity contribution in [1.29, 1.82) is 0 Å². The first-order valence-corrected chi connectivity index (χ1v) is 9.44. The van der Waals surface area contributed by atoms with Crippen LogP contribution in [0.4, 0.5) is 0 Å². The minimum absolute atomic E-state index is 0.0980. The zero-order chi connectivity index (χ0) is 18.3. The molecule has 0 fully saturated rings. The SMILES string of the molecule is O=C(CCS(=O)(=O)c1ccc(Cl)cc1)NCC(=O)NCc1ccco1. The second-order valence-corrected chi connectivity index (χ2v) is 7.70. The number of rotatable bonds is 8. The standard InChI is InChI=1S/C16H17ClN2O5S/c17-12-3-5-14(6-4-12)25(22,23)9-7-15(20)19-11-16(21)18-10-13-2-1-8-24-13/h1-6,8H,7,9-11H2,(H,18,21)(H,19,20). The molecule has 9 heteroatoms. The van der Waals surface area contributed by atoms with Crippen molar-refractivity contribution >= 4 is 33.3 Å². The van der Waals surface area contributed by atoms with E-state index in [-0.39, 0.29) is 30.2 Å². The van der Waals surface area contributed by atoms with Crippen molar-refractivity contribution in [2.75, 3.05) is 12.3 Å². The third kappa shape index (κ3) is 6.24. The Balaban J connectivity index is 1.72. The zero-order valence-corrected chi connectivity index (χ0v) is 14.8. The van der Waals surface area contributed by atoms with E-state index in [4.69, 9.17) is 16.0 Å². The highest BCUT2D eigenvalue weighted by Crippen LogP contribution is 2.15. The number of carbonyl (C=O) groups is 2. The van der Waals surface area contributed by atoms with E-state index in [0.29, 0.717) is 10.8 Å². The smallest absolute Gasteiger partial charge is 0.239 e. The Bertz CT molecular complexity index is 817. The minimum Gasteiger partial charge on any atom is -0.467 e. The van der Waals surface area contributed by atoms with Gasteiger partial charge in [0.1, 0.15) is 5.76 Å². The maximum atomic E-state index is 12.1. The first kappa shape index (κ1) is 19.0. The average molecular weight is 385 g/mol. The summed E-state index contributed by atoms with van der Waals surface area (Å²) in [6, 6.07) is 9.12. The summed E-state index contributed by atoms with van der Waals surface area (Å²) in [5.41, 5.74) is 0. The molecule has 25 heavy (non-hydrogen) atoms. The van der Waals surface area contributed by atoms with Crippen molar-refractivity contribution in [1.82, 2.24) is 10.6 Å². The summed E-state index contributed by atoms with van der Waals surface area (Å²) < 4.78 is 29.3. The Morgan fingerprint density at radius 2 is 1.76 bits per heavy atom. The highest BCUT2D eigenvalue weighted by molar-refractivity contribution is 7.91. The Morgan fingerprint density at radius 3 is 2.40 bits per heavy atom. The number of nitrogens with one attached hydrogen (secondary N) is 2. The Hall–Kier alpha value is -2.32. The Labute approximate surface area is 150 Å². The van der Waals surface area contributed by atoms with Crippen LogP contribution in [0.15, 0.2) is 52.0 Å². The average Bonchev–Trinajstić information content (AvgIpc) is 3.10. The molecule has 0 bridgehead atoms. The quantitative estimate of drug-likeness (QED) is 0.718. The van der Waals surface area contributed by atoms with Crippen LogP contribution in [-0.2, 0) is 26.0 Å². The van der Waals surface area contributed by atoms with Crippen LogP contribution in [0.5, 0.6) is 0 Å². The number of sulfone groups is 1. The molecule has 0 atom stereocenters. The summed E-state index contributed by atoms with van der Waals surface area (Å²) in [5, 5.41) is 5.37. The van der Waals surface area contributed by atoms with Crippen molar-refractivity contribution < 1.29 is 22.4 Å². The molecular formula is C16H17ClN2O5S. The van der Waals surface area contributed by atoms with Gasteiger partial charge < -0.3 is 15.1 Å². The van der Waals surface area contributed by atoms with Gasteiger partial charge in [0, 0.05) is 11.4 Å². The molecule has 2 rings (SSSR count). The van der Waals surface area contributed by atoms with Gasteiger partial charge in [-0.2, -0.15) is 0 Å². The number of hydrogen-bond acceptors (Lipinski definition) is 5. The lowest BCUT2D eigenvalue weighted by atomic mass is 10.4. The van der Waals surface area contributed by atoms with E-state index in [0.717, 1.165) is 0 Å². The maximum absolute atomic E-state index is 12.1. The van der Waals surface area contributed by atoms with Gasteiger partial charge in [-0.15, -0.1) is 0 Å². The van der Waals surface area contributed by atoms with Crippen molar-refractivity contribution in [3.8, 4) is 0 Å². The highest BCUT2D eigenvalue weighted by Gasteiger charge is 2.16. The molecule has 0 saturated heterocycles. The van der Waals surface area contributed by atoms with Gasteiger partial charge in [-0.1, -0.05) is 11.6 Å². The third-order valence-electron chi connectivity index (χ3n) is 3.26. The van der Waals surface area contributed by atoms with Crippen LogP contribution in [0, 0.1) is 0 Å². The number of carbonyl (C=O) groups excluding carboxylic acids is 2. The van der Waals surface area contributed by atoms with Gasteiger partial charge in [-0.3, -0.25) is 9.59 Å². The summed E-state index contributed by atoms with van der Waals surface area (Å²) >= 11 is 5.72. The molecule has 1 aromatic heterocycles. The lowest BCUT2D eigenvalue weighted by molar-refractivity contribution is -0.126. The molecular weight excluding hydrogens is 368 g/mol. The van der Waals surface area contributed by atoms with Crippen LogP contribution in [-0.4, -0.2) is 32.5 Å². The first-order chi connectivity index (χ1) is 11.9. The predicted octanol–water partition coefficient (Wildman–Crippen LogP) is 1.53. The first-order valence-electron chi connectivity index (χ1n) is 7.41. The van der Waals surface area contributed by atoms with Gasteiger partial charge >= 0.3 is 0 Å². The molecule has 2 amide bonds. The van der Waals surface area contributed by atoms with Gasteiger partial charge in [0.25, 0.3) is 0 Å². The molecule has 1 heterocycles. The maximum Gasteiger partial charge on any atom is 0.239 e. The van der Waals surface area contributed by atoms with Gasteiger partial charge in [0.2, 0.25) is 11.8 Å². The Morgan fingerprint density at radius 1 is 1.04 bits per heavy atom. The molecule has 2 N–H and O–H groups in total. The fraction of sp³-hybridized carbons (Fsp3) is 0.250. The van der Waals surface area contributed by atoms with Gasteiger partial charge in [-0.05, 0) is 36.4 Å². The highest BCUT2D eigenvalue weighted by atomic mass is 35.5. The van der Waals surface area contributed by atoms with E-state index < -0.39 is 21.7 Å². The van der Waals surface area contributed by atoms with Crippen LogP contribution in [0.2, 0.25) is 5.02 Å². The molecule has 0 spiro atoms. The van der Waals surface area contributed by atoms with Crippen LogP contribution >= 0.6 is 11.6 Å². The van der Waals surface area contributed by atoms with E-state index in [2.05, 4.69) is 10.6 Å². The van der Waals surface area contributed by atoms with E-state index in [1.165, 1.54) is 30.5 Å². The summed E-state index contributed by atoms with van der Waals surface area (Å²) in [7, 11) is -3.58. The topological polar surface area (TPSA) is 105 Å². The van der Waals surface area contributed by atoms with Crippen molar-refractivity contribution in [2.45, 2.75) is 17.9 Å². The van der Waals surface area contributed by atoms with Gasteiger partial charge in [0.15, 0.2) is 9.84 Å². The molecule has 0 aliphatic heterocycles. The van der Waals surface area contributed by atoms with Crippen LogP contribution in [0.25, 0.3) is 0 Å². The summed E-state index contributed by atoms with van der Waals surface area (Å²) in [6.45, 7) is -0.0207. The molecule has 7 nitrogen and oxygen atoms in total. The Kier molecular flexibility index (Phi) is 6.60. The van der Waals surface area contributed by atoms with Crippen molar-refractivity contribution in [3.63, 3.8) is 0 Å². The molecule has 1 aromatic carbocycles. The number of benzene rings is 1. The van der Waals surface area contributed by atoms with Gasteiger partial charge in [-0.25, -0.2) is 8.42 Å². The summed E-state index contributed by atoms with van der Waals surface area (Å²) in [4.78, 5) is 23.4. The molecule has 0 saturated carbocycles. The molecule has 0 radical (unpaired) electrons. The second-order valence-electron chi connectivity index (χ2n) is 5.16. The molecule has 0 aliphatic rings. The lowest BCUT2D eigenvalue weighted by Crippen LogP contribution is -2.37. The number of halogens is 1. The fourth-order valence-electron chi connectivity index (χ4n) is 1.92. The number of furan rings is 1. The number of hydrogen-bond donors (Lipinski definition) is 2. The van der Waals surface area contributed by atoms with Crippen LogP contribution in [0.3, 0.4) is 0 Å². The van der Waals surface area contributed by atoms with Crippen LogP contribution < -0.4 is 10.6 Å². The van der Waals surface area contributed by atoms with Crippen molar-refractivity contribution in [2.24, 2.45) is 0 Å².